The Balaban J connectivity index is 2.13. The number of hydrogen-bond acceptors (Lipinski definition) is 7. The molecule has 0 aliphatic rings. The molecule has 0 aliphatic heterocycles. The Kier molecular flexibility index (Phi) is 7.29. The number of rotatable bonds is 6. The monoisotopic (exact) mass is 489 g/mol. The Morgan fingerprint density at radius 2 is 1.82 bits per heavy atom. The third-order valence-electron chi connectivity index (χ3n) is 4.64. The minimum Gasteiger partial charge on any atom is -0.278 e. The van der Waals surface area contributed by atoms with E-state index in [0.29, 0.717) is 22.9 Å². The average molecular weight is 489 g/mol. The first-order chi connectivity index (χ1) is 16.1. The maximum absolute atomic E-state index is 12.9. The molecule has 3 aromatic rings. The second kappa shape index (κ2) is 9.98. The number of halogens is 3. The van der Waals surface area contributed by atoms with E-state index in [-0.39, 0.29) is 28.0 Å². The van der Waals surface area contributed by atoms with E-state index in [1.807, 2.05) is 6.07 Å². The van der Waals surface area contributed by atoms with Gasteiger partial charge in [-0.15, -0.1) is 0 Å². The van der Waals surface area contributed by atoms with E-state index in [2.05, 4.69) is 20.4 Å². The van der Waals surface area contributed by atoms with E-state index in [1.165, 1.54) is 26.3 Å². The SMILES string of the molecule is CCS(=O)(=O)c1cc(-c2ccc(C#N)cc2)cnc1C(=Nc1ccc(C(F)(F)F)cn1)NOC. The molecule has 0 saturated heterocycles. The van der Waals surface area contributed by atoms with Gasteiger partial charge in [0.1, 0.15) is 5.69 Å². The maximum Gasteiger partial charge on any atom is 0.417 e. The molecule has 0 atom stereocenters. The van der Waals surface area contributed by atoms with Gasteiger partial charge in [-0.3, -0.25) is 9.82 Å². The van der Waals surface area contributed by atoms with Crippen LogP contribution in [0.15, 0.2) is 64.7 Å². The lowest BCUT2D eigenvalue weighted by atomic mass is 10.1. The predicted molar refractivity (Wildman–Crippen MR) is 118 cm³/mol. The number of benzene rings is 1. The second-order valence-corrected chi connectivity index (χ2v) is 9.08. The number of nitrogens with one attached hydrogen (secondary N) is 1. The number of pyridine rings is 2. The van der Waals surface area contributed by atoms with Crippen LogP contribution < -0.4 is 5.48 Å². The average Bonchev–Trinajstić information content (AvgIpc) is 2.83. The van der Waals surface area contributed by atoms with Crippen molar-refractivity contribution < 1.29 is 26.4 Å². The van der Waals surface area contributed by atoms with Crippen LogP contribution in [0.5, 0.6) is 0 Å². The summed E-state index contributed by atoms with van der Waals surface area (Å²) in [5, 5.41) is 8.97. The fourth-order valence-corrected chi connectivity index (χ4v) is 3.93. The highest BCUT2D eigenvalue weighted by atomic mass is 32.2. The van der Waals surface area contributed by atoms with Gasteiger partial charge in [-0.1, -0.05) is 19.1 Å². The summed E-state index contributed by atoms with van der Waals surface area (Å²) >= 11 is 0. The first-order valence-electron chi connectivity index (χ1n) is 9.73. The Morgan fingerprint density at radius 3 is 2.35 bits per heavy atom. The zero-order chi connectivity index (χ0) is 24.9. The summed E-state index contributed by atoms with van der Waals surface area (Å²) in [6, 6.07) is 11.8. The fraction of sp³-hybridized carbons (Fsp3) is 0.182. The van der Waals surface area contributed by atoms with E-state index in [9.17, 15) is 21.6 Å². The molecule has 12 heteroatoms. The molecule has 0 aliphatic carbocycles. The number of nitriles is 1. The smallest absolute Gasteiger partial charge is 0.278 e. The van der Waals surface area contributed by atoms with E-state index in [4.69, 9.17) is 10.1 Å². The van der Waals surface area contributed by atoms with Crippen molar-refractivity contribution in [2.75, 3.05) is 12.9 Å². The van der Waals surface area contributed by atoms with Crippen LogP contribution in [0.3, 0.4) is 0 Å². The molecule has 1 aromatic carbocycles. The number of aliphatic imine (C=N–C) groups is 1. The lowest BCUT2D eigenvalue weighted by molar-refractivity contribution is -0.137. The van der Waals surface area contributed by atoms with Crippen LogP contribution in [-0.2, 0) is 20.9 Å². The van der Waals surface area contributed by atoms with Gasteiger partial charge in [0, 0.05) is 18.0 Å². The van der Waals surface area contributed by atoms with Gasteiger partial charge in [0.2, 0.25) is 0 Å². The summed E-state index contributed by atoms with van der Waals surface area (Å²) in [7, 11) is -2.56. The van der Waals surface area contributed by atoms with Crippen LogP contribution in [0.25, 0.3) is 11.1 Å². The molecule has 0 bridgehead atoms. The molecule has 0 spiro atoms. The highest BCUT2D eigenvalue weighted by Crippen LogP contribution is 2.30. The van der Waals surface area contributed by atoms with Gasteiger partial charge >= 0.3 is 6.18 Å². The van der Waals surface area contributed by atoms with E-state index < -0.39 is 21.6 Å². The Bertz CT molecular complexity index is 1350. The molecule has 0 saturated carbocycles. The summed E-state index contributed by atoms with van der Waals surface area (Å²) in [6.45, 7) is 1.46. The molecular formula is C22H18F3N5O3S. The quantitative estimate of drug-likeness (QED) is 0.315. The standard InChI is InChI=1S/C22H18F3N5O3S/c1-3-34(31,32)18-10-16(15-6-4-14(11-26)5-7-15)12-28-20(18)21(30-33-2)29-19-9-8-17(13-27-19)22(23,24)25/h4-10,12-13H,3H2,1-2H3,(H,27,29,30). The highest BCUT2D eigenvalue weighted by Gasteiger charge is 2.30. The lowest BCUT2D eigenvalue weighted by Gasteiger charge is -2.14. The van der Waals surface area contributed by atoms with Gasteiger partial charge in [-0.05, 0) is 35.9 Å². The molecule has 0 fully saturated rings. The van der Waals surface area contributed by atoms with Gasteiger partial charge in [-0.2, -0.15) is 18.4 Å². The van der Waals surface area contributed by atoms with Crippen LogP contribution in [0.1, 0.15) is 23.7 Å². The molecular weight excluding hydrogens is 471 g/mol. The van der Waals surface area contributed by atoms with Crippen molar-refractivity contribution in [3.05, 3.63) is 71.7 Å². The second-order valence-electron chi connectivity index (χ2n) is 6.83. The summed E-state index contributed by atoms with van der Waals surface area (Å²) in [6.07, 6.45) is -2.53. The van der Waals surface area contributed by atoms with E-state index >= 15 is 0 Å². The normalized spacial score (nSPS) is 12.3. The number of nitrogens with zero attached hydrogens (tertiary/aromatic N) is 4. The first kappa shape index (κ1) is 24.8. The number of aromatic nitrogens is 2. The predicted octanol–water partition coefficient (Wildman–Crippen LogP) is 4.06. The van der Waals surface area contributed by atoms with Crippen LogP contribution in [0.4, 0.5) is 19.0 Å². The topological polar surface area (TPSA) is 117 Å². The molecule has 176 valence electrons. The molecule has 3 rings (SSSR count). The number of hydroxylamine groups is 1. The van der Waals surface area contributed by atoms with Gasteiger partial charge in [0.15, 0.2) is 21.5 Å². The van der Waals surface area contributed by atoms with Crippen molar-refractivity contribution in [3.8, 4) is 17.2 Å². The molecule has 8 nitrogen and oxygen atoms in total. The third-order valence-corrected chi connectivity index (χ3v) is 6.38. The number of hydrogen-bond donors (Lipinski definition) is 1. The van der Waals surface area contributed by atoms with Crippen LogP contribution in [0.2, 0.25) is 0 Å². The van der Waals surface area contributed by atoms with Crippen LogP contribution in [0, 0.1) is 11.3 Å². The minimum absolute atomic E-state index is 0.0946. The van der Waals surface area contributed by atoms with E-state index in [0.717, 1.165) is 12.1 Å². The summed E-state index contributed by atoms with van der Waals surface area (Å²) in [4.78, 5) is 16.8. The molecule has 0 radical (unpaired) electrons. The van der Waals surface area contributed by atoms with Crippen molar-refractivity contribution in [3.63, 3.8) is 0 Å². The highest BCUT2D eigenvalue weighted by molar-refractivity contribution is 7.91. The fourth-order valence-electron chi connectivity index (χ4n) is 2.87. The zero-order valence-electron chi connectivity index (χ0n) is 18.0. The van der Waals surface area contributed by atoms with E-state index in [1.54, 1.807) is 24.3 Å². The largest absolute Gasteiger partial charge is 0.417 e. The van der Waals surface area contributed by atoms with Gasteiger partial charge in [0.25, 0.3) is 0 Å². The third kappa shape index (κ3) is 5.56. The minimum atomic E-state index is -4.56. The van der Waals surface area contributed by atoms with Gasteiger partial charge in [0.05, 0.1) is 35.0 Å². The molecule has 2 aromatic heterocycles. The molecule has 2 heterocycles. The van der Waals surface area contributed by atoms with Crippen molar-refractivity contribution in [1.82, 2.24) is 15.4 Å². The number of amidine groups is 1. The molecule has 34 heavy (non-hydrogen) atoms. The maximum atomic E-state index is 12.9. The molecule has 1 N–H and O–H groups in total. The first-order valence-corrected chi connectivity index (χ1v) is 11.4. The van der Waals surface area contributed by atoms with Crippen LogP contribution >= 0.6 is 0 Å². The Morgan fingerprint density at radius 1 is 1.12 bits per heavy atom. The lowest BCUT2D eigenvalue weighted by Crippen LogP contribution is -2.27. The van der Waals surface area contributed by atoms with Crippen molar-refractivity contribution in [2.45, 2.75) is 18.0 Å². The number of alkyl halides is 3. The summed E-state index contributed by atoms with van der Waals surface area (Å²) in [5.41, 5.74) is 2.93. The Hall–Kier alpha value is -3.82. The zero-order valence-corrected chi connectivity index (χ0v) is 18.8. The van der Waals surface area contributed by atoms with Gasteiger partial charge < -0.3 is 0 Å². The number of sulfone groups is 1. The summed E-state index contributed by atoms with van der Waals surface area (Å²) < 4.78 is 64.2. The van der Waals surface area contributed by atoms with Crippen LogP contribution in [-0.4, -0.2) is 37.1 Å². The molecule has 0 unspecified atom stereocenters. The van der Waals surface area contributed by atoms with Crippen molar-refractivity contribution >= 4 is 21.5 Å². The van der Waals surface area contributed by atoms with Crippen molar-refractivity contribution in [1.29, 1.82) is 5.26 Å². The summed E-state index contributed by atoms with van der Waals surface area (Å²) in [5.74, 6) is -0.518. The molecule has 0 amide bonds. The van der Waals surface area contributed by atoms with Crippen molar-refractivity contribution in [2.24, 2.45) is 4.99 Å². The Labute approximate surface area is 193 Å². The van der Waals surface area contributed by atoms with Gasteiger partial charge in [-0.25, -0.2) is 23.9 Å².